The van der Waals surface area contributed by atoms with Crippen LogP contribution in [0.25, 0.3) is 28.8 Å². The van der Waals surface area contributed by atoms with Gasteiger partial charge in [0.2, 0.25) is 11.8 Å². The molecule has 0 aliphatic heterocycles. The van der Waals surface area contributed by atoms with Gasteiger partial charge in [-0.3, -0.25) is 4.79 Å². The number of nitrogens with one attached hydrogen (secondary N) is 1. The molecular weight excluding hydrogens is 338 g/mol. The van der Waals surface area contributed by atoms with E-state index in [1.807, 2.05) is 61.5 Å². The average molecular weight is 355 g/mol. The van der Waals surface area contributed by atoms with Gasteiger partial charge >= 0.3 is 0 Å². The fraction of sp³-hybridized carbons (Fsp3) is 0.0455. The molecule has 0 bridgehead atoms. The minimum atomic E-state index is -0.196. The van der Waals surface area contributed by atoms with E-state index in [2.05, 4.69) is 15.3 Å². The number of aromatic nitrogens is 2. The SMILES string of the molecule is Cc1ccc(-c2nc3ncccc3o2)cc1NC(=O)/C=C\c1ccccc1. The number of pyridine rings is 1. The second kappa shape index (κ2) is 7.25. The fourth-order valence-electron chi connectivity index (χ4n) is 2.69. The Kier molecular flexibility index (Phi) is 4.49. The molecule has 132 valence electrons. The van der Waals surface area contributed by atoms with Gasteiger partial charge in [0.15, 0.2) is 11.2 Å². The molecule has 0 aliphatic carbocycles. The second-order valence-electron chi connectivity index (χ2n) is 6.11. The van der Waals surface area contributed by atoms with Crippen LogP contribution >= 0.6 is 0 Å². The second-order valence-corrected chi connectivity index (χ2v) is 6.11. The van der Waals surface area contributed by atoms with Gasteiger partial charge in [0.25, 0.3) is 0 Å². The first-order valence-corrected chi connectivity index (χ1v) is 8.56. The Morgan fingerprint density at radius 2 is 1.93 bits per heavy atom. The van der Waals surface area contributed by atoms with Crippen LogP contribution in [0.5, 0.6) is 0 Å². The normalized spacial score (nSPS) is 11.1. The number of fused-ring (bicyclic) bond motifs is 1. The van der Waals surface area contributed by atoms with Gasteiger partial charge < -0.3 is 9.73 Å². The average Bonchev–Trinajstić information content (AvgIpc) is 3.13. The summed E-state index contributed by atoms with van der Waals surface area (Å²) in [5.74, 6) is 0.275. The van der Waals surface area contributed by atoms with Crippen LogP contribution in [-0.2, 0) is 4.79 Å². The number of oxazole rings is 1. The quantitative estimate of drug-likeness (QED) is 0.531. The Morgan fingerprint density at radius 3 is 2.74 bits per heavy atom. The molecule has 5 nitrogen and oxygen atoms in total. The van der Waals surface area contributed by atoms with Crippen LogP contribution in [0.3, 0.4) is 0 Å². The molecule has 1 N–H and O–H groups in total. The Hall–Kier alpha value is -3.73. The van der Waals surface area contributed by atoms with E-state index in [-0.39, 0.29) is 5.91 Å². The first-order valence-electron chi connectivity index (χ1n) is 8.56. The van der Waals surface area contributed by atoms with Gasteiger partial charge in [-0.1, -0.05) is 36.4 Å². The van der Waals surface area contributed by atoms with Gasteiger partial charge in [0.1, 0.15) is 0 Å². The third kappa shape index (κ3) is 3.77. The number of hydrogen-bond donors (Lipinski definition) is 1. The highest BCUT2D eigenvalue weighted by Crippen LogP contribution is 2.27. The molecule has 0 radical (unpaired) electrons. The number of carbonyl (C=O) groups excluding carboxylic acids is 1. The fourth-order valence-corrected chi connectivity index (χ4v) is 2.69. The largest absolute Gasteiger partial charge is 0.434 e. The van der Waals surface area contributed by atoms with Crippen molar-refractivity contribution in [2.24, 2.45) is 0 Å². The standard InChI is InChI=1S/C22H17N3O2/c1-15-9-11-17(22-25-21-19(27-22)8-5-13-23-21)14-18(15)24-20(26)12-10-16-6-3-2-4-7-16/h2-14H,1H3,(H,24,26)/b12-10-. The third-order valence-corrected chi connectivity index (χ3v) is 4.13. The first kappa shape index (κ1) is 16.7. The molecule has 4 aromatic rings. The molecule has 1 amide bonds. The predicted molar refractivity (Wildman–Crippen MR) is 106 cm³/mol. The lowest BCUT2D eigenvalue weighted by molar-refractivity contribution is -0.111. The molecule has 0 aliphatic rings. The highest BCUT2D eigenvalue weighted by molar-refractivity contribution is 6.02. The summed E-state index contributed by atoms with van der Waals surface area (Å²) in [4.78, 5) is 20.9. The molecule has 0 saturated heterocycles. The van der Waals surface area contributed by atoms with Crippen LogP contribution in [0.2, 0.25) is 0 Å². The van der Waals surface area contributed by atoms with E-state index < -0.39 is 0 Å². The number of carbonyl (C=O) groups is 1. The maximum Gasteiger partial charge on any atom is 0.248 e. The smallest absolute Gasteiger partial charge is 0.248 e. The van der Waals surface area contributed by atoms with Crippen molar-refractivity contribution in [1.82, 2.24) is 9.97 Å². The lowest BCUT2D eigenvalue weighted by atomic mass is 10.1. The molecule has 0 spiro atoms. The maximum absolute atomic E-state index is 12.3. The van der Waals surface area contributed by atoms with Crippen molar-refractivity contribution < 1.29 is 9.21 Å². The summed E-state index contributed by atoms with van der Waals surface area (Å²) >= 11 is 0. The Balaban J connectivity index is 1.57. The van der Waals surface area contributed by atoms with Crippen LogP contribution in [0, 0.1) is 6.92 Å². The van der Waals surface area contributed by atoms with Crippen molar-refractivity contribution in [3.05, 3.63) is 84.1 Å². The molecule has 0 atom stereocenters. The Bertz CT molecular complexity index is 1100. The van der Waals surface area contributed by atoms with E-state index in [0.717, 1.165) is 16.7 Å². The monoisotopic (exact) mass is 355 g/mol. The highest BCUT2D eigenvalue weighted by Gasteiger charge is 2.11. The topological polar surface area (TPSA) is 68.0 Å². The summed E-state index contributed by atoms with van der Waals surface area (Å²) in [5.41, 5.74) is 4.60. The van der Waals surface area contributed by atoms with E-state index in [4.69, 9.17) is 4.42 Å². The number of benzene rings is 2. The number of nitrogens with zero attached hydrogens (tertiary/aromatic N) is 2. The molecule has 27 heavy (non-hydrogen) atoms. The van der Waals surface area contributed by atoms with E-state index in [9.17, 15) is 4.79 Å². The van der Waals surface area contributed by atoms with Gasteiger partial charge in [-0.15, -0.1) is 0 Å². The Labute approximate surface area is 156 Å². The minimum Gasteiger partial charge on any atom is -0.434 e. The van der Waals surface area contributed by atoms with E-state index >= 15 is 0 Å². The molecule has 0 fully saturated rings. The van der Waals surface area contributed by atoms with E-state index in [1.165, 1.54) is 6.08 Å². The first-order chi connectivity index (χ1) is 13.2. The van der Waals surface area contributed by atoms with Crippen molar-refractivity contribution >= 4 is 28.9 Å². The molecule has 0 unspecified atom stereocenters. The number of rotatable bonds is 4. The lowest BCUT2D eigenvalue weighted by Crippen LogP contribution is -2.09. The van der Waals surface area contributed by atoms with Gasteiger partial charge in [0, 0.05) is 23.5 Å². The summed E-state index contributed by atoms with van der Waals surface area (Å²) in [6, 6.07) is 19.0. The summed E-state index contributed by atoms with van der Waals surface area (Å²) in [6.45, 7) is 1.94. The van der Waals surface area contributed by atoms with Gasteiger partial charge in [-0.25, -0.2) is 4.98 Å². The van der Waals surface area contributed by atoms with Crippen molar-refractivity contribution in [2.45, 2.75) is 6.92 Å². The van der Waals surface area contributed by atoms with Crippen molar-refractivity contribution in [1.29, 1.82) is 0 Å². The van der Waals surface area contributed by atoms with E-state index in [1.54, 1.807) is 18.3 Å². The van der Waals surface area contributed by atoms with Crippen molar-refractivity contribution in [3.63, 3.8) is 0 Å². The van der Waals surface area contributed by atoms with E-state index in [0.29, 0.717) is 22.8 Å². The van der Waals surface area contributed by atoms with Crippen molar-refractivity contribution in [3.8, 4) is 11.5 Å². The predicted octanol–water partition coefficient (Wildman–Crippen LogP) is 4.85. The molecule has 2 aromatic carbocycles. The van der Waals surface area contributed by atoms with Gasteiger partial charge in [-0.2, -0.15) is 4.98 Å². The molecule has 2 heterocycles. The van der Waals surface area contributed by atoms with Gasteiger partial charge in [-0.05, 0) is 48.4 Å². The third-order valence-electron chi connectivity index (χ3n) is 4.13. The minimum absolute atomic E-state index is 0.196. The zero-order valence-corrected chi connectivity index (χ0v) is 14.7. The summed E-state index contributed by atoms with van der Waals surface area (Å²) in [5, 5.41) is 2.91. The van der Waals surface area contributed by atoms with Gasteiger partial charge in [0.05, 0.1) is 0 Å². The van der Waals surface area contributed by atoms with Crippen molar-refractivity contribution in [2.75, 3.05) is 5.32 Å². The van der Waals surface area contributed by atoms with Crippen LogP contribution < -0.4 is 5.32 Å². The Morgan fingerprint density at radius 1 is 1.07 bits per heavy atom. The molecule has 2 aromatic heterocycles. The number of aryl methyl sites for hydroxylation is 1. The highest BCUT2D eigenvalue weighted by atomic mass is 16.3. The maximum atomic E-state index is 12.3. The van der Waals surface area contributed by atoms with Crippen LogP contribution in [0.15, 0.2) is 77.4 Å². The summed E-state index contributed by atoms with van der Waals surface area (Å²) in [6.07, 6.45) is 4.97. The molecular formula is C22H17N3O2. The zero-order valence-electron chi connectivity index (χ0n) is 14.7. The zero-order chi connectivity index (χ0) is 18.6. The summed E-state index contributed by atoms with van der Waals surface area (Å²) in [7, 11) is 0. The molecule has 5 heteroatoms. The molecule has 4 rings (SSSR count). The number of amides is 1. The summed E-state index contributed by atoms with van der Waals surface area (Å²) < 4.78 is 5.76. The van der Waals surface area contributed by atoms with Crippen LogP contribution in [-0.4, -0.2) is 15.9 Å². The number of hydrogen-bond acceptors (Lipinski definition) is 4. The van der Waals surface area contributed by atoms with Crippen LogP contribution in [0.4, 0.5) is 5.69 Å². The number of anilines is 1. The lowest BCUT2D eigenvalue weighted by Gasteiger charge is -2.08. The molecule has 0 saturated carbocycles. The van der Waals surface area contributed by atoms with Crippen LogP contribution in [0.1, 0.15) is 11.1 Å².